The topological polar surface area (TPSA) is 89.9 Å². The minimum Gasteiger partial charge on any atom is -0.508 e. The van der Waals surface area contributed by atoms with Crippen LogP contribution in [0.5, 0.6) is 11.5 Å². The van der Waals surface area contributed by atoms with Crippen LogP contribution in [0.1, 0.15) is 0 Å². The molecule has 0 aliphatic rings. The Kier molecular flexibility index (Phi) is 4.57. The van der Waals surface area contributed by atoms with Gasteiger partial charge in [0.15, 0.2) is 0 Å². The maximum Gasteiger partial charge on any atom is 0.115 e. The summed E-state index contributed by atoms with van der Waals surface area (Å²) in [6.07, 6.45) is 0. The Labute approximate surface area is 138 Å². The van der Waals surface area contributed by atoms with Crippen LogP contribution in [0.3, 0.4) is 0 Å². The van der Waals surface area contributed by atoms with Gasteiger partial charge >= 0.3 is 0 Å². The lowest BCUT2D eigenvalue weighted by Gasteiger charge is -1.98. The van der Waals surface area contributed by atoms with Crippen molar-refractivity contribution in [2.24, 2.45) is 20.5 Å². The molecule has 3 aromatic rings. The lowest BCUT2D eigenvalue weighted by molar-refractivity contribution is 0.475. The zero-order chi connectivity index (χ0) is 16.8. The molecular formula is C18H14N4O2. The quantitative estimate of drug-likeness (QED) is 0.584. The number of nitrogens with zero attached hydrogens (tertiary/aromatic N) is 4. The van der Waals surface area contributed by atoms with Crippen LogP contribution in [-0.2, 0) is 0 Å². The van der Waals surface area contributed by atoms with E-state index in [2.05, 4.69) is 20.5 Å². The molecule has 118 valence electrons. The van der Waals surface area contributed by atoms with Gasteiger partial charge in [0.2, 0.25) is 0 Å². The van der Waals surface area contributed by atoms with Gasteiger partial charge in [0.1, 0.15) is 22.9 Å². The molecule has 0 unspecified atom stereocenters. The lowest BCUT2D eigenvalue weighted by Crippen LogP contribution is -1.69. The van der Waals surface area contributed by atoms with E-state index in [-0.39, 0.29) is 11.5 Å². The van der Waals surface area contributed by atoms with Gasteiger partial charge in [-0.2, -0.15) is 10.2 Å². The molecule has 2 N–H and O–H groups in total. The summed E-state index contributed by atoms with van der Waals surface area (Å²) in [6, 6.07) is 20.1. The van der Waals surface area contributed by atoms with E-state index in [4.69, 9.17) is 0 Å². The van der Waals surface area contributed by atoms with Gasteiger partial charge in [-0.25, -0.2) is 0 Å². The van der Waals surface area contributed by atoms with Crippen molar-refractivity contribution in [3.05, 3.63) is 72.8 Å². The van der Waals surface area contributed by atoms with E-state index in [1.54, 1.807) is 60.7 Å². The molecule has 0 amide bonds. The smallest absolute Gasteiger partial charge is 0.115 e. The minimum absolute atomic E-state index is 0.178. The van der Waals surface area contributed by atoms with Gasteiger partial charge < -0.3 is 10.2 Å². The molecule has 0 radical (unpaired) electrons. The summed E-state index contributed by atoms with van der Waals surface area (Å²) < 4.78 is 0. The van der Waals surface area contributed by atoms with Gasteiger partial charge in [0.25, 0.3) is 0 Å². The highest BCUT2D eigenvalue weighted by molar-refractivity contribution is 5.61. The zero-order valence-corrected chi connectivity index (χ0v) is 12.6. The molecule has 0 bridgehead atoms. The van der Waals surface area contributed by atoms with Gasteiger partial charge in [-0.1, -0.05) is 12.1 Å². The van der Waals surface area contributed by atoms with Crippen molar-refractivity contribution < 1.29 is 10.2 Å². The Hall–Kier alpha value is -3.54. The van der Waals surface area contributed by atoms with Crippen LogP contribution in [0.15, 0.2) is 93.3 Å². The van der Waals surface area contributed by atoms with E-state index in [9.17, 15) is 10.2 Å². The Balaban J connectivity index is 1.82. The summed E-state index contributed by atoms with van der Waals surface area (Å²) in [5.41, 5.74) is 2.40. The third-order valence-electron chi connectivity index (χ3n) is 3.13. The van der Waals surface area contributed by atoms with E-state index in [1.807, 2.05) is 12.1 Å². The first kappa shape index (κ1) is 15.4. The highest BCUT2D eigenvalue weighted by Gasteiger charge is 2.00. The molecule has 24 heavy (non-hydrogen) atoms. The molecule has 0 aliphatic carbocycles. The van der Waals surface area contributed by atoms with Crippen LogP contribution in [0.4, 0.5) is 22.7 Å². The van der Waals surface area contributed by atoms with Crippen molar-refractivity contribution in [2.45, 2.75) is 0 Å². The first-order valence-corrected chi connectivity index (χ1v) is 7.21. The normalized spacial score (nSPS) is 11.3. The highest BCUT2D eigenvalue weighted by Crippen LogP contribution is 2.31. The maximum absolute atomic E-state index is 9.27. The van der Waals surface area contributed by atoms with E-state index in [1.165, 1.54) is 0 Å². The second-order valence-electron chi connectivity index (χ2n) is 4.92. The zero-order valence-electron chi connectivity index (χ0n) is 12.6. The Morgan fingerprint density at radius 2 is 0.833 bits per heavy atom. The van der Waals surface area contributed by atoms with Gasteiger partial charge in [0, 0.05) is 0 Å². The summed E-state index contributed by atoms with van der Waals surface area (Å²) in [5, 5.41) is 35.1. The number of benzene rings is 3. The van der Waals surface area contributed by atoms with Gasteiger partial charge in [-0.05, 0) is 60.7 Å². The maximum atomic E-state index is 9.27. The first-order chi connectivity index (χ1) is 11.7. The van der Waals surface area contributed by atoms with Crippen LogP contribution >= 0.6 is 0 Å². The van der Waals surface area contributed by atoms with Crippen molar-refractivity contribution in [1.82, 2.24) is 0 Å². The van der Waals surface area contributed by atoms with Crippen LogP contribution in [0, 0.1) is 0 Å². The molecule has 0 aromatic heterocycles. The molecule has 0 saturated carbocycles. The lowest BCUT2D eigenvalue weighted by atomic mass is 10.3. The SMILES string of the molecule is Oc1ccc(N=Nc2ccccc2N=Nc2ccc(O)cc2)cc1. The minimum atomic E-state index is 0.178. The fourth-order valence-electron chi connectivity index (χ4n) is 1.90. The molecule has 6 heteroatoms. The van der Waals surface area contributed by atoms with Crippen molar-refractivity contribution in [3.63, 3.8) is 0 Å². The molecule has 3 aromatic carbocycles. The average Bonchev–Trinajstić information content (AvgIpc) is 2.61. The second kappa shape index (κ2) is 7.15. The average molecular weight is 318 g/mol. The monoisotopic (exact) mass is 318 g/mol. The largest absolute Gasteiger partial charge is 0.508 e. The molecule has 0 aliphatic heterocycles. The van der Waals surface area contributed by atoms with Gasteiger partial charge in [-0.15, -0.1) is 10.2 Å². The summed E-state index contributed by atoms with van der Waals surface area (Å²) >= 11 is 0. The molecule has 0 atom stereocenters. The Morgan fingerprint density at radius 1 is 0.458 bits per heavy atom. The fourth-order valence-corrected chi connectivity index (χ4v) is 1.90. The number of aromatic hydroxyl groups is 2. The first-order valence-electron chi connectivity index (χ1n) is 7.21. The molecule has 0 saturated heterocycles. The van der Waals surface area contributed by atoms with E-state index < -0.39 is 0 Å². The van der Waals surface area contributed by atoms with Gasteiger partial charge in [0.05, 0.1) is 11.4 Å². The number of phenolic OH excluding ortho intramolecular Hbond substituents is 2. The summed E-state index contributed by atoms with van der Waals surface area (Å²) in [6.45, 7) is 0. The van der Waals surface area contributed by atoms with Crippen LogP contribution < -0.4 is 0 Å². The van der Waals surface area contributed by atoms with E-state index in [0.717, 1.165) is 0 Å². The van der Waals surface area contributed by atoms with Gasteiger partial charge in [-0.3, -0.25) is 0 Å². The van der Waals surface area contributed by atoms with Crippen LogP contribution in [0.25, 0.3) is 0 Å². The summed E-state index contributed by atoms with van der Waals surface area (Å²) in [5.74, 6) is 0.356. The Morgan fingerprint density at radius 3 is 1.21 bits per heavy atom. The van der Waals surface area contributed by atoms with E-state index >= 15 is 0 Å². The molecule has 6 nitrogen and oxygen atoms in total. The number of rotatable bonds is 4. The number of hydrogen-bond acceptors (Lipinski definition) is 6. The highest BCUT2D eigenvalue weighted by atomic mass is 16.3. The number of azo groups is 2. The standard InChI is InChI=1S/C18H14N4O2/c23-15-9-5-13(6-10-15)19-21-17-3-1-2-4-18(17)22-20-14-7-11-16(24)12-8-14/h1-12,23-24H. The third kappa shape index (κ3) is 4.01. The van der Waals surface area contributed by atoms with E-state index in [0.29, 0.717) is 22.7 Å². The predicted molar refractivity (Wildman–Crippen MR) is 91.0 cm³/mol. The van der Waals surface area contributed by atoms with Crippen molar-refractivity contribution in [1.29, 1.82) is 0 Å². The van der Waals surface area contributed by atoms with Crippen molar-refractivity contribution in [2.75, 3.05) is 0 Å². The molecule has 0 fully saturated rings. The fraction of sp³-hybridized carbons (Fsp3) is 0. The summed E-state index contributed by atoms with van der Waals surface area (Å²) in [7, 11) is 0. The van der Waals surface area contributed by atoms with Crippen LogP contribution in [-0.4, -0.2) is 10.2 Å². The number of hydrogen-bond donors (Lipinski definition) is 2. The second-order valence-corrected chi connectivity index (χ2v) is 4.92. The molecule has 3 rings (SSSR count). The summed E-state index contributed by atoms with van der Waals surface area (Å²) in [4.78, 5) is 0. The molecule has 0 heterocycles. The Bertz CT molecular complexity index is 798. The van der Waals surface area contributed by atoms with Crippen molar-refractivity contribution in [3.8, 4) is 11.5 Å². The third-order valence-corrected chi connectivity index (χ3v) is 3.13. The number of phenols is 2. The van der Waals surface area contributed by atoms with Crippen molar-refractivity contribution >= 4 is 22.7 Å². The van der Waals surface area contributed by atoms with Crippen LogP contribution in [0.2, 0.25) is 0 Å². The molecule has 0 spiro atoms. The predicted octanol–water partition coefficient (Wildman–Crippen LogP) is 5.93. The molecular weight excluding hydrogens is 304 g/mol.